The highest BCUT2D eigenvalue weighted by Gasteiger charge is 2.19. The van der Waals surface area contributed by atoms with E-state index in [4.69, 9.17) is 15.0 Å². The van der Waals surface area contributed by atoms with Crippen molar-refractivity contribution in [2.75, 3.05) is 26.7 Å². The summed E-state index contributed by atoms with van der Waals surface area (Å²) in [5.74, 6) is 2.64. The zero-order chi connectivity index (χ0) is 24.3. The monoisotopic (exact) mass is 556 g/mol. The third kappa shape index (κ3) is 8.64. The molecule has 1 aliphatic heterocycles. The van der Waals surface area contributed by atoms with Gasteiger partial charge in [0.1, 0.15) is 5.75 Å². The number of likely N-dealkylation sites (tertiary alicyclic amines) is 1. The van der Waals surface area contributed by atoms with Gasteiger partial charge in [-0.2, -0.15) is 4.98 Å². The number of methoxy groups -OCH3 is 1. The predicted molar refractivity (Wildman–Crippen MR) is 149 cm³/mol. The van der Waals surface area contributed by atoms with Crippen LogP contribution in [0, 0.1) is 0 Å². The summed E-state index contributed by atoms with van der Waals surface area (Å²) in [6.45, 7) is 3.90. The molecule has 8 nitrogen and oxygen atoms in total. The van der Waals surface area contributed by atoms with Gasteiger partial charge < -0.3 is 20.3 Å². The van der Waals surface area contributed by atoms with Gasteiger partial charge in [0.25, 0.3) is 0 Å². The maximum absolute atomic E-state index is 6.13. The van der Waals surface area contributed by atoms with Gasteiger partial charge >= 0.3 is 0 Å². The molecule has 1 aliphatic rings. The van der Waals surface area contributed by atoms with Gasteiger partial charge in [-0.3, -0.25) is 9.89 Å². The van der Waals surface area contributed by atoms with Crippen molar-refractivity contribution < 1.29 is 9.26 Å². The topological polar surface area (TPSA) is 102 Å². The molecule has 3 aromatic rings. The number of aromatic nitrogens is 2. The molecule has 0 amide bonds. The van der Waals surface area contributed by atoms with Crippen molar-refractivity contribution in [1.82, 2.24) is 20.4 Å². The number of rotatable bonds is 11. The Labute approximate surface area is 224 Å². The lowest BCUT2D eigenvalue weighted by atomic mass is 10.0. The second kappa shape index (κ2) is 14.6. The van der Waals surface area contributed by atoms with Gasteiger partial charge in [0, 0.05) is 44.2 Å². The number of aliphatic imine (C=N–C) groups is 1. The van der Waals surface area contributed by atoms with Crippen LogP contribution in [0.3, 0.4) is 0 Å². The third-order valence-electron chi connectivity index (χ3n) is 6.34. The van der Waals surface area contributed by atoms with Gasteiger partial charge in [0.2, 0.25) is 11.7 Å². The maximum Gasteiger partial charge on any atom is 0.226 e. The smallest absolute Gasteiger partial charge is 0.226 e. The number of nitrogens with one attached hydrogen (secondary N) is 1. The van der Waals surface area contributed by atoms with Gasteiger partial charge in [-0.25, -0.2) is 0 Å². The Hall–Kier alpha value is -2.91. The van der Waals surface area contributed by atoms with Crippen LogP contribution in [0.2, 0.25) is 0 Å². The molecule has 4 rings (SSSR count). The van der Waals surface area contributed by atoms with E-state index in [9.17, 15) is 0 Å². The van der Waals surface area contributed by atoms with Gasteiger partial charge in [-0.1, -0.05) is 41.9 Å². The summed E-state index contributed by atoms with van der Waals surface area (Å²) in [6.07, 6.45) is 5.94. The fraction of sp³-hybridized carbons (Fsp3) is 0.444. The van der Waals surface area contributed by atoms with Crippen LogP contribution in [0.1, 0.15) is 43.6 Å². The lowest BCUT2D eigenvalue weighted by Gasteiger charge is -2.32. The van der Waals surface area contributed by atoms with Crippen molar-refractivity contribution in [2.24, 2.45) is 10.7 Å². The first kappa shape index (κ1) is 27.7. The van der Waals surface area contributed by atoms with E-state index >= 15 is 0 Å². The number of aryl methyl sites for hydroxylation is 1. The van der Waals surface area contributed by atoms with Crippen LogP contribution in [0.15, 0.2) is 64.1 Å². The third-order valence-corrected chi connectivity index (χ3v) is 6.34. The molecule has 0 radical (unpaired) electrons. The van der Waals surface area contributed by atoms with Crippen LogP contribution in [0.25, 0.3) is 11.4 Å². The number of nitrogens with two attached hydrogens (primary N) is 1. The first-order valence-corrected chi connectivity index (χ1v) is 12.5. The van der Waals surface area contributed by atoms with E-state index in [2.05, 4.69) is 55.7 Å². The highest BCUT2D eigenvalue weighted by atomic mass is 79.9. The summed E-state index contributed by atoms with van der Waals surface area (Å²) in [4.78, 5) is 11.5. The molecular weight excluding hydrogens is 520 g/mol. The molecular formula is C27H37BrN6O2. The molecule has 0 aliphatic carbocycles. The number of hydrogen-bond donors (Lipinski definition) is 2. The fourth-order valence-electron chi connectivity index (χ4n) is 4.31. The van der Waals surface area contributed by atoms with E-state index in [1.54, 1.807) is 7.11 Å². The quantitative estimate of drug-likeness (QED) is 0.202. The molecule has 0 saturated carbocycles. The van der Waals surface area contributed by atoms with Crippen molar-refractivity contribution >= 4 is 22.9 Å². The van der Waals surface area contributed by atoms with Crippen LogP contribution < -0.4 is 15.8 Å². The lowest BCUT2D eigenvalue weighted by Crippen LogP contribution is -2.46. The molecule has 0 atom stereocenters. The lowest BCUT2D eigenvalue weighted by molar-refractivity contribution is 0.199. The van der Waals surface area contributed by atoms with Gasteiger partial charge in [-0.05, 0) is 55.5 Å². The molecule has 0 unspecified atom stereocenters. The molecule has 1 fully saturated rings. The van der Waals surface area contributed by atoms with Crippen molar-refractivity contribution in [3.63, 3.8) is 0 Å². The SMILES string of the molecule is Br.COc1ccc(-c2noc(CCCCCN=C(N)NC3CCN(Cc4ccccc4)CC3)n2)cc1. The van der Waals surface area contributed by atoms with Crippen LogP contribution in [0.5, 0.6) is 5.75 Å². The first-order chi connectivity index (χ1) is 17.2. The number of halogens is 1. The summed E-state index contributed by atoms with van der Waals surface area (Å²) >= 11 is 0. The standard InChI is InChI=1S/C27H36N6O2.BrH/c1-34-24-13-11-22(12-14-24)26-31-25(35-32-26)10-6-3-7-17-29-27(28)30-23-15-18-33(19-16-23)20-21-8-4-2-5-9-21;/h2,4-5,8-9,11-14,23H,3,6-7,10,15-20H2,1H3,(H3,28,29,30);1H. The predicted octanol–water partition coefficient (Wildman–Crippen LogP) is 4.60. The van der Waals surface area contributed by atoms with E-state index in [0.717, 1.165) is 76.0 Å². The minimum atomic E-state index is 0. The molecule has 3 N–H and O–H groups in total. The number of hydrogen-bond acceptors (Lipinski definition) is 6. The second-order valence-electron chi connectivity index (χ2n) is 9.00. The average molecular weight is 558 g/mol. The van der Waals surface area contributed by atoms with Crippen molar-refractivity contribution in [3.05, 3.63) is 66.1 Å². The molecule has 9 heteroatoms. The van der Waals surface area contributed by atoms with Crippen molar-refractivity contribution in [1.29, 1.82) is 0 Å². The number of unbranched alkanes of at least 4 members (excludes halogenated alkanes) is 2. The largest absolute Gasteiger partial charge is 0.497 e. The average Bonchev–Trinajstić information content (AvgIpc) is 3.37. The van der Waals surface area contributed by atoms with E-state index in [-0.39, 0.29) is 17.0 Å². The van der Waals surface area contributed by atoms with Gasteiger partial charge in [0.15, 0.2) is 5.96 Å². The molecule has 2 heterocycles. The number of guanidine groups is 1. The Morgan fingerprint density at radius 2 is 1.83 bits per heavy atom. The molecule has 2 aromatic carbocycles. The van der Waals surface area contributed by atoms with Crippen LogP contribution >= 0.6 is 17.0 Å². The minimum absolute atomic E-state index is 0. The summed E-state index contributed by atoms with van der Waals surface area (Å²) < 4.78 is 10.6. The molecule has 1 saturated heterocycles. The van der Waals surface area contributed by atoms with Crippen molar-refractivity contribution in [2.45, 2.75) is 51.1 Å². The minimum Gasteiger partial charge on any atom is -0.497 e. The Balaban J connectivity index is 0.00000361. The van der Waals surface area contributed by atoms with Crippen LogP contribution in [0.4, 0.5) is 0 Å². The summed E-state index contributed by atoms with van der Waals surface area (Å²) in [5, 5.41) is 7.49. The summed E-state index contributed by atoms with van der Waals surface area (Å²) in [7, 11) is 1.65. The van der Waals surface area contributed by atoms with Gasteiger partial charge in [-0.15, -0.1) is 17.0 Å². The van der Waals surface area contributed by atoms with Crippen molar-refractivity contribution in [3.8, 4) is 17.1 Å². The summed E-state index contributed by atoms with van der Waals surface area (Å²) in [6, 6.07) is 18.7. The summed E-state index contributed by atoms with van der Waals surface area (Å²) in [5.41, 5.74) is 8.42. The highest BCUT2D eigenvalue weighted by Crippen LogP contribution is 2.20. The van der Waals surface area contributed by atoms with E-state index in [1.807, 2.05) is 24.3 Å². The molecule has 36 heavy (non-hydrogen) atoms. The molecule has 194 valence electrons. The molecule has 1 aromatic heterocycles. The Morgan fingerprint density at radius 3 is 2.56 bits per heavy atom. The zero-order valence-corrected chi connectivity index (χ0v) is 22.6. The number of ether oxygens (including phenoxy) is 1. The molecule has 0 spiro atoms. The van der Waals surface area contributed by atoms with E-state index in [0.29, 0.717) is 23.7 Å². The zero-order valence-electron chi connectivity index (χ0n) is 20.9. The second-order valence-corrected chi connectivity index (χ2v) is 9.00. The van der Waals surface area contributed by atoms with Crippen LogP contribution in [-0.4, -0.2) is 53.8 Å². The van der Waals surface area contributed by atoms with E-state index < -0.39 is 0 Å². The number of piperidine rings is 1. The van der Waals surface area contributed by atoms with Crippen LogP contribution in [-0.2, 0) is 13.0 Å². The first-order valence-electron chi connectivity index (χ1n) is 12.5. The fourth-order valence-corrected chi connectivity index (χ4v) is 4.31. The maximum atomic E-state index is 6.13. The number of benzene rings is 2. The Morgan fingerprint density at radius 1 is 1.08 bits per heavy atom. The van der Waals surface area contributed by atoms with Gasteiger partial charge in [0.05, 0.1) is 7.11 Å². The highest BCUT2D eigenvalue weighted by molar-refractivity contribution is 8.93. The van der Waals surface area contributed by atoms with E-state index in [1.165, 1.54) is 5.56 Å². The Kier molecular flexibility index (Phi) is 11.2. The molecule has 0 bridgehead atoms. The number of nitrogens with zero attached hydrogens (tertiary/aromatic N) is 4. The normalized spacial score (nSPS) is 14.9. The Bertz CT molecular complexity index is 1050.